The molecule has 1 N–H and O–H groups in total. The summed E-state index contributed by atoms with van der Waals surface area (Å²) in [5.74, 6) is -0.920. The topological polar surface area (TPSA) is 86.3 Å². The smallest absolute Gasteiger partial charge is 0.323 e. The van der Waals surface area contributed by atoms with Crippen molar-refractivity contribution in [3.63, 3.8) is 0 Å². The minimum atomic E-state index is -0.749. The monoisotopic (exact) mass is 410 g/mol. The van der Waals surface area contributed by atoms with Gasteiger partial charge in [-0.25, -0.2) is 4.39 Å². The zero-order valence-electron chi connectivity index (χ0n) is 16.5. The fraction of sp³-hybridized carbons (Fsp3) is 0.600. The molecule has 0 radical (unpaired) electrons. The number of halogens is 1. The molecule has 160 valence electrons. The van der Waals surface area contributed by atoms with Gasteiger partial charge in [0.25, 0.3) is 0 Å². The third kappa shape index (κ3) is 5.88. The van der Waals surface area contributed by atoms with E-state index in [1.165, 1.54) is 19.2 Å². The normalized spacial score (nSPS) is 20.7. The van der Waals surface area contributed by atoms with E-state index in [1.807, 2.05) is 4.90 Å². The molecule has 2 heterocycles. The van der Waals surface area contributed by atoms with Gasteiger partial charge in [0.1, 0.15) is 17.6 Å². The van der Waals surface area contributed by atoms with Crippen molar-refractivity contribution in [1.82, 2.24) is 10.2 Å². The molecule has 2 fully saturated rings. The maximum absolute atomic E-state index is 12.8. The van der Waals surface area contributed by atoms with Crippen LogP contribution in [-0.4, -0.2) is 75.2 Å². The lowest BCUT2D eigenvalue weighted by Crippen LogP contribution is -2.42. The molecule has 1 amide bonds. The highest BCUT2D eigenvalue weighted by molar-refractivity contribution is 5.76. The lowest BCUT2D eigenvalue weighted by Gasteiger charge is -2.23. The van der Waals surface area contributed by atoms with Gasteiger partial charge >= 0.3 is 5.97 Å². The Morgan fingerprint density at radius 3 is 2.69 bits per heavy atom. The van der Waals surface area contributed by atoms with E-state index in [9.17, 15) is 14.0 Å². The summed E-state index contributed by atoms with van der Waals surface area (Å²) in [6.07, 6.45) is 1.29. The van der Waals surface area contributed by atoms with Gasteiger partial charge in [-0.05, 0) is 30.7 Å². The third-order valence-electron chi connectivity index (χ3n) is 5.03. The summed E-state index contributed by atoms with van der Waals surface area (Å²) in [6.45, 7) is 2.76. The second-order valence-corrected chi connectivity index (χ2v) is 7.08. The van der Waals surface area contributed by atoms with Gasteiger partial charge in [-0.3, -0.25) is 14.5 Å². The van der Waals surface area contributed by atoms with E-state index in [0.29, 0.717) is 64.5 Å². The summed E-state index contributed by atoms with van der Waals surface area (Å²) in [5, 5.41) is 2.85. The zero-order valence-corrected chi connectivity index (χ0v) is 16.5. The molecule has 2 saturated heterocycles. The van der Waals surface area contributed by atoms with Crippen molar-refractivity contribution >= 4 is 11.9 Å². The molecule has 9 heteroatoms. The summed E-state index contributed by atoms with van der Waals surface area (Å²) in [7, 11) is 1.36. The molecule has 0 bridgehead atoms. The largest absolute Gasteiger partial charge is 0.494 e. The summed E-state index contributed by atoms with van der Waals surface area (Å²) in [4.78, 5) is 26.0. The zero-order chi connectivity index (χ0) is 20.7. The van der Waals surface area contributed by atoms with Crippen LogP contribution in [0.1, 0.15) is 19.3 Å². The molecule has 1 atom stereocenters. The van der Waals surface area contributed by atoms with Gasteiger partial charge in [-0.1, -0.05) is 0 Å². The molecule has 1 aromatic carbocycles. The third-order valence-corrected chi connectivity index (χ3v) is 5.03. The van der Waals surface area contributed by atoms with E-state index in [2.05, 4.69) is 5.32 Å². The van der Waals surface area contributed by atoms with Crippen molar-refractivity contribution in [3.8, 4) is 5.75 Å². The average Bonchev–Trinajstić information content (AvgIpc) is 3.33. The fourth-order valence-corrected chi connectivity index (χ4v) is 3.60. The van der Waals surface area contributed by atoms with Gasteiger partial charge in [-0.15, -0.1) is 0 Å². The van der Waals surface area contributed by atoms with Gasteiger partial charge < -0.3 is 24.3 Å². The highest BCUT2D eigenvalue weighted by Crippen LogP contribution is 2.34. The molecule has 0 aliphatic carbocycles. The number of carbonyl (C=O) groups is 2. The first-order valence-electron chi connectivity index (χ1n) is 9.76. The predicted molar refractivity (Wildman–Crippen MR) is 101 cm³/mol. The molecule has 8 nitrogen and oxygen atoms in total. The molecule has 2 aliphatic heterocycles. The Hall–Kier alpha value is -2.23. The standard InChI is InChI=1S/C20H27FN2O6/c1-26-19(25)17-13-20(28-11-12-29-20)14-23(17)9-8-22-18(24)3-2-10-27-16-6-4-15(21)5-7-16/h4-7,17H,2-3,8-14H2,1H3,(H,22,24)/t17-/m0/s1. The maximum atomic E-state index is 12.8. The number of methoxy groups -OCH3 is 1. The number of hydrogen-bond acceptors (Lipinski definition) is 7. The second-order valence-electron chi connectivity index (χ2n) is 7.08. The first-order valence-corrected chi connectivity index (χ1v) is 9.76. The SMILES string of the molecule is COC(=O)[C@@H]1CC2(CN1CCNC(=O)CCCOc1ccc(F)cc1)OCCO2. The van der Waals surface area contributed by atoms with Gasteiger partial charge in [0, 0.05) is 25.9 Å². The van der Waals surface area contributed by atoms with Crippen molar-refractivity contribution in [2.75, 3.05) is 46.6 Å². The van der Waals surface area contributed by atoms with E-state index in [4.69, 9.17) is 18.9 Å². The lowest BCUT2D eigenvalue weighted by atomic mass is 10.1. The molecular formula is C20H27FN2O6. The van der Waals surface area contributed by atoms with E-state index in [1.54, 1.807) is 12.1 Å². The number of benzene rings is 1. The highest BCUT2D eigenvalue weighted by Gasteiger charge is 2.51. The molecule has 29 heavy (non-hydrogen) atoms. The van der Waals surface area contributed by atoms with Crippen LogP contribution < -0.4 is 10.1 Å². The van der Waals surface area contributed by atoms with Crippen molar-refractivity contribution in [3.05, 3.63) is 30.1 Å². The Morgan fingerprint density at radius 2 is 2.00 bits per heavy atom. The molecule has 0 saturated carbocycles. The number of hydrogen-bond donors (Lipinski definition) is 1. The van der Waals surface area contributed by atoms with Crippen molar-refractivity contribution in [1.29, 1.82) is 0 Å². The molecule has 1 aromatic rings. The molecule has 2 aliphatic rings. The number of esters is 1. The van der Waals surface area contributed by atoms with E-state index >= 15 is 0 Å². The van der Waals surface area contributed by atoms with Crippen LogP contribution in [-0.2, 0) is 23.8 Å². The van der Waals surface area contributed by atoms with Crippen molar-refractivity contribution in [2.24, 2.45) is 0 Å². The number of carbonyl (C=O) groups excluding carboxylic acids is 2. The van der Waals surface area contributed by atoms with Crippen molar-refractivity contribution < 1.29 is 32.9 Å². The van der Waals surface area contributed by atoms with Crippen LogP contribution in [0.5, 0.6) is 5.75 Å². The average molecular weight is 410 g/mol. The number of nitrogens with one attached hydrogen (secondary N) is 1. The maximum Gasteiger partial charge on any atom is 0.323 e. The van der Waals surface area contributed by atoms with Gasteiger partial charge in [0.2, 0.25) is 5.91 Å². The van der Waals surface area contributed by atoms with Crippen LogP contribution >= 0.6 is 0 Å². The molecule has 0 aromatic heterocycles. The quantitative estimate of drug-likeness (QED) is 0.482. The second kappa shape index (κ2) is 10.00. The number of nitrogens with zero attached hydrogens (tertiary/aromatic N) is 1. The van der Waals surface area contributed by atoms with Gasteiger partial charge in [-0.2, -0.15) is 0 Å². The Bertz CT molecular complexity index is 693. The van der Waals surface area contributed by atoms with Crippen LogP contribution in [0.25, 0.3) is 0 Å². The first kappa shape index (κ1) is 21.5. The van der Waals surface area contributed by atoms with Crippen LogP contribution in [0.4, 0.5) is 4.39 Å². The Kier molecular flexibility index (Phi) is 7.40. The molecular weight excluding hydrogens is 383 g/mol. The Labute approximate surface area is 169 Å². The molecule has 0 unspecified atom stereocenters. The van der Waals surface area contributed by atoms with Crippen LogP contribution in [0.2, 0.25) is 0 Å². The van der Waals surface area contributed by atoms with E-state index < -0.39 is 11.8 Å². The molecule has 3 rings (SSSR count). The minimum Gasteiger partial charge on any atom is -0.494 e. The Morgan fingerprint density at radius 1 is 1.28 bits per heavy atom. The minimum absolute atomic E-state index is 0.0930. The highest BCUT2D eigenvalue weighted by atomic mass is 19.1. The van der Waals surface area contributed by atoms with Crippen LogP contribution in [0.15, 0.2) is 24.3 Å². The van der Waals surface area contributed by atoms with Crippen molar-refractivity contribution in [2.45, 2.75) is 31.1 Å². The van der Waals surface area contributed by atoms with Crippen LogP contribution in [0.3, 0.4) is 0 Å². The summed E-state index contributed by atoms with van der Waals surface area (Å²) < 4.78 is 34.6. The summed E-state index contributed by atoms with van der Waals surface area (Å²) in [6, 6.07) is 5.31. The number of amides is 1. The van der Waals surface area contributed by atoms with Crippen LogP contribution in [0, 0.1) is 5.82 Å². The number of likely N-dealkylation sites (tertiary alicyclic amines) is 1. The summed E-state index contributed by atoms with van der Waals surface area (Å²) in [5.41, 5.74) is 0. The first-order chi connectivity index (χ1) is 14.0. The summed E-state index contributed by atoms with van der Waals surface area (Å²) >= 11 is 0. The Balaban J connectivity index is 1.35. The van der Waals surface area contributed by atoms with Gasteiger partial charge in [0.05, 0.1) is 33.5 Å². The van der Waals surface area contributed by atoms with E-state index in [0.717, 1.165) is 0 Å². The number of rotatable bonds is 9. The fourth-order valence-electron chi connectivity index (χ4n) is 3.60. The van der Waals surface area contributed by atoms with Gasteiger partial charge in [0.15, 0.2) is 5.79 Å². The predicted octanol–water partition coefficient (Wildman–Crippen LogP) is 1.09. The number of ether oxygens (including phenoxy) is 4. The van der Waals surface area contributed by atoms with E-state index in [-0.39, 0.29) is 17.7 Å². The molecule has 1 spiro atoms. The lowest BCUT2D eigenvalue weighted by molar-refractivity contribution is -0.152.